The molecule has 0 saturated heterocycles. The minimum absolute atomic E-state index is 0.1000. The van der Waals surface area contributed by atoms with E-state index in [2.05, 4.69) is 87.6 Å². The maximum absolute atomic E-state index is 12.8. The van der Waals surface area contributed by atoms with Crippen LogP contribution in [0.3, 0.4) is 0 Å². The quantitative estimate of drug-likeness (QED) is 0.0262. The summed E-state index contributed by atoms with van der Waals surface area (Å²) in [6.07, 6.45) is 64.7. The van der Waals surface area contributed by atoms with Crippen molar-refractivity contribution in [3.05, 3.63) is 72.9 Å². The summed E-state index contributed by atoms with van der Waals surface area (Å²) in [6.45, 7) is 6.53. The Labute approximate surface area is 389 Å². The third kappa shape index (κ3) is 49.7. The Balaban J connectivity index is 4.48. The van der Waals surface area contributed by atoms with Gasteiger partial charge in [0.1, 0.15) is 13.2 Å². The van der Waals surface area contributed by atoms with Gasteiger partial charge in [-0.1, -0.05) is 222 Å². The van der Waals surface area contributed by atoms with Gasteiger partial charge in [0.05, 0.1) is 0 Å². The minimum atomic E-state index is -0.807. The van der Waals surface area contributed by atoms with E-state index in [4.69, 9.17) is 14.2 Å². The molecule has 0 rings (SSSR count). The number of esters is 3. The van der Waals surface area contributed by atoms with Crippen LogP contribution in [0.25, 0.3) is 0 Å². The van der Waals surface area contributed by atoms with Crippen LogP contribution in [-0.4, -0.2) is 37.2 Å². The molecule has 0 unspecified atom stereocenters. The van der Waals surface area contributed by atoms with Crippen LogP contribution in [-0.2, 0) is 28.6 Å². The summed E-state index contributed by atoms with van der Waals surface area (Å²) in [7, 11) is 0. The number of carbonyl (C=O) groups excluding carboxylic acids is 3. The molecule has 0 saturated carbocycles. The van der Waals surface area contributed by atoms with Crippen LogP contribution >= 0.6 is 0 Å². The first kappa shape index (κ1) is 59.9. The van der Waals surface area contributed by atoms with E-state index in [1.807, 2.05) is 6.08 Å². The number of hydrogen-bond donors (Lipinski definition) is 0. The van der Waals surface area contributed by atoms with Crippen molar-refractivity contribution in [1.29, 1.82) is 0 Å². The molecule has 0 aromatic carbocycles. The molecular formula is C57H98O6. The lowest BCUT2D eigenvalue weighted by atomic mass is 10.1. The van der Waals surface area contributed by atoms with E-state index < -0.39 is 6.10 Å². The fourth-order valence-electron chi connectivity index (χ4n) is 7.18. The SMILES string of the molecule is CCCCC/C=C\C/C=C\C/C=C\C/C=C\C/C=C\CCC(=O)OC[C@H](COC(=O)CCCCCCCCCCCCC)OC(=O)CCCCCCC/C=C\CCCCCCCC. The van der Waals surface area contributed by atoms with Gasteiger partial charge in [0, 0.05) is 19.3 Å². The Hall–Kier alpha value is -3.15. The largest absolute Gasteiger partial charge is 0.462 e. The molecule has 0 radical (unpaired) electrons. The van der Waals surface area contributed by atoms with Gasteiger partial charge < -0.3 is 14.2 Å². The topological polar surface area (TPSA) is 78.9 Å². The molecule has 0 aliphatic carbocycles. The van der Waals surface area contributed by atoms with Crippen LogP contribution in [0.2, 0.25) is 0 Å². The summed E-state index contributed by atoms with van der Waals surface area (Å²) < 4.78 is 16.7. The Morgan fingerprint density at radius 1 is 0.317 bits per heavy atom. The third-order valence-electron chi connectivity index (χ3n) is 11.2. The van der Waals surface area contributed by atoms with Gasteiger partial charge in [-0.25, -0.2) is 0 Å². The predicted octanol–water partition coefficient (Wildman–Crippen LogP) is 17.4. The second-order valence-electron chi connectivity index (χ2n) is 17.4. The molecule has 362 valence electrons. The van der Waals surface area contributed by atoms with E-state index in [1.54, 1.807) is 0 Å². The van der Waals surface area contributed by atoms with Crippen molar-refractivity contribution in [2.45, 2.75) is 258 Å². The highest BCUT2D eigenvalue weighted by atomic mass is 16.6. The molecule has 0 fully saturated rings. The lowest BCUT2D eigenvalue weighted by molar-refractivity contribution is -0.166. The molecule has 1 atom stereocenters. The summed E-state index contributed by atoms with van der Waals surface area (Å²) >= 11 is 0. The second kappa shape index (κ2) is 51.5. The normalized spacial score (nSPS) is 12.6. The van der Waals surface area contributed by atoms with Crippen LogP contribution < -0.4 is 0 Å². The number of hydrogen-bond acceptors (Lipinski definition) is 6. The zero-order valence-corrected chi connectivity index (χ0v) is 41.3. The number of rotatable bonds is 47. The summed E-state index contributed by atoms with van der Waals surface area (Å²) in [5.74, 6) is -0.993. The van der Waals surface area contributed by atoms with Crippen molar-refractivity contribution in [3.8, 4) is 0 Å². The maximum Gasteiger partial charge on any atom is 0.306 e. The Morgan fingerprint density at radius 3 is 1.03 bits per heavy atom. The maximum atomic E-state index is 12.8. The summed E-state index contributed by atoms with van der Waals surface area (Å²) in [4.78, 5) is 37.9. The van der Waals surface area contributed by atoms with Crippen LogP contribution in [0, 0.1) is 0 Å². The highest BCUT2D eigenvalue weighted by Crippen LogP contribution is 2.14. The first-order valence-electron chi connectivity index (χ1n) is 26.4. The van der Waals surface area contributed by atoms with E-state index in [0.29, 0.717) is 19.3 Å². The van der Waals surface area contributed by atoms with Gasteiger partial charge in [0.2, 0.25) is 0 Å². The van der Waals surface area contributed by atoms with Crippen molar-refractivity contribution in [2.24, 2.45) is 0 Å². The van der Waals surface area contributed by atoms with Crippen molar-refractivity contribution >= 4 is 17.9 Å². The molecule has 0 amide bonds. The molecule has 0 aliphatic rings. The standard InChI is InChI=1S/C57H98O6/c1-4-7-10-13-16-19-22-24-26-27-28-29-31-32-35-38-41-44-47-50-56(59)62-53-54(52-61-55(58)49-46-43-40-37-34-21-18-15-12-9-6-3)63-57(60)51-48-45-42-39-36-33-30-25-23-20-17-14-11-8-5-2/h16,19,24-26,28-30,32,35,41,44,54H,4-15,17-18,20-23,27,31,33-34,36-40,42-43,45-53H2,1-3H3/b19-16-,26-24-,29-28-,30-25-,35-32-,44-41-/t54-/m0/s1. The second-order valence-corrected chi connectivity index (χ2v) is 17.4. The average Bonchev–Trinajstić information content (AvgIpc) is 3.28. The molecule has 0 aromatic heterocycles. The fourth-order valence-corrected chi connectivity index (χ4v) is 7.18. The Bertz CT molecular complexity index is 1190. The Morgan fingerprint density at radius 2 is 0.603 bits per heavy atom. The molecule has 0 heterocycles. The van der Waals surface area contributed by atoms with Gasteiger partial charge in [-0.05, 0) is 83.5 Å². The summed E-state index contributed by atoms with van der Waals surface area (Å²) in [5, 5.41) is 0. The van der Waals surface area contributed by atoms with E-state index in [0.717, 1.165) is 77.0 Å². The van der Waals surface area contributed by atoms with Gasteiger partial charge in [-0.15, -0.1) is 0 Å². The molecule has 0 aromatic rings. The molecule has 63 heavy (non-hydrogen) atoms. The summed E-state index contributed by atoms with van der Waals surface area (Å²) in [5.41, 5.74) is 0. The van der Waals surface area contributed by atoms with Crippen molar-refractivity contribution < 1.29 is 28.6 Å². The van der Waals surface area contributed by atoms with Crippen LogP contribution in [0.4, 0.5) is 0 Å². The smallest absolute Gasteiger partial charge is 0.306 e. The van der Waals surface area contributed by atoms with Crippen molar-refractivity contribution in [2.75, 3.05) is 13.2 Å². The zero-order chi connectivity index (χ0) is 45.8. The number of carbonyl (C=O) groups is 3. The third-order valence-corrected chi connectivity index (χ3v) is 11.2. The minimum Gasteiger partial charge on any atom is -0.462 e. The van der Waals surface area contributed by atoms with E-state index >= 15 is 0 Å². The number of allylic oxidation sites excluding steroid dienone is 12. The van der Waals surface area contributed by atoms with Crippen LogP contribution in [0.5, 0.6) is 0 Å². The van der Waals surface area contributed by atoms with E-state index in [9.17, 15) is 14.4 Å². The predicted molar refractivity (Wildman–Crippen MR) is 270 cm³/mol. The Kier molecular flexibility index (Phi) is 48.9. The van der Waals surface area contributed by atoms with Gasteiger partial charge in [0.15, 0.2) is 6.10 Å². The molecule has 0 N–H and O–H groups in total. The number of ether oxygens (including phenoxy) is 3. The van der Waals surface area contributed by atoms with E-state index in [1.165, 1.54) is 128 Å². The molecule has 6 nitrogen and oxygen atoms in total. The fraction of sp³-hybridized carbons (Fsp3) is 0.737. The van der Waals surface area contributed by atoms with Crippen LogP contribution in [0.1, 0.15) is 252 Å². The first-order valence-corrected chi connectivity index (χ1v) is 26.4. The lowest BCUT2D eigenvalue weighted by Crippen LogP contribution is -2.30. The summed E-state index contributed by atoms with van der Waals surface area (Å²) in [6, 6.07) is 0. The van der Waals surface area contributed by atoms with Crippen LogP contribution in [0.15, 0.2) is 72.9 Å². The van der Waals surface area contributed by atoms with Gasteiger partial charge in [-0.3, -0.25) is 14.4 Å². The molecular weight excluding hydrogens is 781 g/mol. The number of unbranched alkanes of at least 4 members (excludes halogenated alkanes) is 24. The van der Waals surface area contributed by atoms with Crippen molar-refractivity contribution in [1.82, 2.24) is 0 Å². The highest BCUT2D eigenvalue weighted by Gasteiger charge is 2.19. The molecule has 0 bridgehead atoms. The lowest BCUT2D eigenvalue weighted by Gasteiger charge is -2.18. The van der Waals surface area contributed by atoms with Gasteiger partial charge in [-0.2, -0.15) is 0 Å². The molecule has 0 spiro atoms. The van der Waals surface area contributed by atoms with Gasteiger partial charge >= 0.3 is 17.9 Å². The van der Waals surface area contributed by atoms with E-state index in [-0.39, 0.29) is 37.5 Å². The zero-order valence-electron chi connectivity index (χ0n) is 41.3. The average molecular weight is 879 g/mol. The van der Waals surface area contributed by atoms with Crippen molar-refractivity contribution in [3.63, 3.8) is 0 Å². The first-order chi connectivity index (χ1) is 31.0. The highest BCUT2D eigenvalue weighted by molar-refractivity contribution is 5.71. The monoisotopic (exact) mass is 879 g/mol. The molecule has 0 aliphatic heterocycles. The van der Waals surface area contributed by atoms with Gasteiger partial charge in [0.25, 0.3) is 0 Å². The molecule has 6 heteroatoms.